The summed E-state index contributed by atoms with van der Waals surface area (Å²) in [6, 6.07) is 0. The molecule has 0 aromatic carbocycles. The van der Waals surface area contributed by atoms with Crippen LogP contribution < -0.4 is 0 Å². The van der Waals surface area contributed by atoms with Gasteiger partial charge in [-0.2, -0.15) is 0 Å². The van der Waals surface area contributed by atoms with Gasteiger partial charge in [0.05, 0.1) is 0 Å². The van der Waals surface area contributed by atoms with E-state index in [4.69, 9.17) is 0 Å². The molecule has 0 amide bonds. The van der Waals surface area contributed by atoms with Crippen molar-refractivity contribution in [1.29, 1.82) is 0 Å². The first-order valence-electron chi connectivity index (χ1n) is 5.71. The van der Waals surface area contributed by atoms with Gasteiger partial charge in [0.2, 0.25) is 0 Å². The predicted molar refractivity (Wildman–Crippen MR) is 81.9 cm³/mol. The minimum absolute atomic E-state index is 0.523. The molecule has 0 radical (unpaired) electrons. The Labute approximate surface area is 93.4 Å². The third-order valence-corrected chi connectivity index (χ3v) is 36.5. The van der Waals surface area contributed by atoms with Crippen molar-refractivity contribution in [3.8, 4) is 0 Å². The van der Waals surface area contributed by atoms with Crippen LogP contribution in [0.4, 0.5) is 0 Å². The molecule has 13 heavy (non-hydrogen) atoms. The summed E-state index contributed by atoms with van der Waals surface area (Å²) in [6.45, 7) is 15.3. The van der Waals surface area contributed by atoms with Crippen LogP contribution in [0.25, 0.3) is 0 Å². The van der Waals surface area contributed by atoms with Crippen LogP contribution in [0, 0.1) is 0 Å². The van der Waals surface area contributed by atoms with E-state index in [2.05, 4.69) is 39.3 Å². The molecule has 0 fully saturated rings. The van der Waals surface area contributed by atoms with Gasteiger partial charge in [0, 0.05) is 34.2 Å². The van der Waals surface area contributed by atoms with Gasteiger partial charge in [-0.05, 0) is 8.55 Å². The third-order valence-electron chi connectivity index (χ3n) is 2.35. The molecule has 0 aliphatic carbocycles. The normalized spacial score (nSPS) is 16.2. The van der Waals surface area contributed by atoms with Gasteiger partial charge < -0.3 is 0 Å². The highest BCUT2D eigenvalue weighted by Crippen LogP contribution is 2.07. The molecule has 0 bridgehead atoms. The first-order chi connectivity index (χ1) is 5.71. The molecule has 0 heterocycles. The van der Waals surface area contributed by atoms with Crippen molar-refractivity contribution >= 4 is 42.8 Å². The van der Waals surface area contributed by atoms with Gasteiger partial charge in [0.15, 0.2) is 0 Å². The highest BCUT2D eigenvalue weighted by atomic mass is 29.5. The van der Waals surface area contributed by atoms with E-state index in [1.165, 1.54) is 0 Å². The van der Waals surface area contributed by atoms with Crippen LogP contribution in [-0.4, -0.2) is 42.8 Å². The Hall–Kier alpha value is 1.08. The molecule has 0 saturated carbocycles. The average Bonchev–Trinajstić information content (AvgIpc) is 1.81. The van der Waals surface area contributed by atoms with Crippen molar-refractivity contribution in [1.82, 2.24) is 0 Å². The fraction of sp³-hybridized carbons (Fsp3) is 1.00. The Bertz CT molecular complexity index is 116. The summed E-state index contributed by atoms with van der Waals surface area (Å²) in [5.41, 5.74) is 3.52. The minimum Gasteiger partial charge on any atom is -0.0698 e. The van der Waals surface area contributed by atoms with Gasteiger partial charge in [-0.1, -0.05) is 50.6 Å². The van der Waals surface area contributed by atoms with Crippen LogP contribution >= 0.6 is 0 Å². The minimum atomic E-state index is -0.623. The zero-order valence-corrected chi connectivity index (χ0v) is 16.8. The molecule has 0 atom stereocenters. The topological polar surface area (TPSA) is 0 Å². The number of hydrogen-bond donors (Lipinski definition) is 0. The Morgan fingerprint density at radius 1 is 0.692 bits per heavy atom. The molecule has 0 N–H and O–H groups in total. The van der Waals surface area contributed by atoms with Gasteiger partial charge in [0.25, 0.3) is 0 Å². The van der Waals surface area contributed by atoms with E-state index in [1.54, 1.807) is 11.3 Å². The summed E-state index contributed by atoms with van der Waals surface area (Å²) >= 11 is 0. The largest absolute Gasteiger partial charge is 0.0698 e. The van der Waals surface area contributed by atoms with E-state index in [-0.39, 0.29) is 0 Å². The Balaban J connectivity index is 3.28. The molecule has 0 rings (SSSR count). The standard InChI is InChI=1S/C8H28Si5/c1-12(2,3)7-9-11-10-8-13(4,5)6/h7-11H2,1-6H3. The zero-order valence-electron chi connectivity index (χ0n) is 10.5. The molecule has 5 heteroatoms. The first kappa shape index (κ1) is 14.1. The summed E-state index contributed by atoms with van der Waals surface area (Å²) in [5, 5.41) is 0. The second-order valence-electron chi connectivity index (χ2n) is 6.68. The van der Waals surface area contributed by atoms with Gasteiger partial charge in [-0.15, -0.1) is 0 Å². The number of rotatable bonds is 6. The average molecular weight is 265 g/mol. The molecule has 0 unspecified atom stereocenters. The van der Waals surface area contributed by atoms with E-state index < -0.39 is 16.1 Å². The summed E-state index contributed by atoms with van der Waals surface area (Å²) in [7, 11) is 0.398. The third kappa shape index (κ3) is 13.1. The molecular formula is C8H28Si5. The van der Waals surface area contributed by atoms with Gasteiger partial charge in [0.1, 0.15) is 0 Å². The molecule has 0 aromatic heterocycles. The van der Waals surface area contributed by atoms with Gasteiger partial charge in [-0.25, -0.2) is 0 Å². The van der Waals surface area contributed by atoms with Crippen LogP contribution in [0.2, 0.25) is 50.6 Å². The lowest BCUT2D eigenvalue weighted by atomic mass is 11.7. The van der Waals surface area contributed by atoms with Crippen molar-refractivity contribution in [3.05, 3.63) is 0 Å². The fourth-order valence-corrected chi connectivity index (χ4v) is 53.7. The van der Waals surface area contributed by atoms with Crippen LogP contribution in [0.3, 0.4) is 0 Å². The van der Waals surface area contributed by atoms with Crippen LogP contribution in [-0.2, 0) is 0 Å². The van der Waals surface area contributed by atoms with E-state index >= 15 is 0 Å². The monoisotopic (exact) mass is 264 g/mol. The quantitative estimate of drug-likeness (QED) is 0.494. The molecule has 0 aliphatic rings. The highest BCUT2D eigenvalue weighted by molar-refractivity contribution is 7.32. The molecule has 0 aliphatic heterocycles. The van der Waals surface area contributed by atoms with Crippen LogP contribution in [0.15, 0.2) is 0 Å². The van der Waals surface area contributed by atoms with Crippen LogP contribution in [0.5, 0.6) is 0 Å². The first-order valence-corrected chi connectivity index (χ1v) is 23.1. The Kier molecular flexibility index (Phi) is 6.33. The molecule has 0 saturated heterocycles. The van der Waals surface area contributed by atoms with Gasteiger partial charge >= 0.3 is 0 Å². The van der Waals surface area contributed by atoms with Crippen molar-refractivity contribution in [2.24, 2.45) is 0 Å². The van der Waals surface area contributed by atoms with E-state index in [0.717, 1.165) is 0 Å². The molecule has 0 aromatic rings. The van der Waals surface area contributed by atoms with E-state index in [9.17, 15) is 0 Å². The predicted octanol–water partition coefficient (Wildman–Crippen LogP) is 0.914. The van der Waals surface area contributed by atoms with Gasteiger partial charge in [-0.3, -0.25) is 0 Å². The maximum Gasteiger partial charge on any atom is 0.0409 e. The zero-order chi connectivity index (χ0) is 10.5. The summed E-state index contributed by atoms with van der Waals surface area (Å²) in [6.07, 6.45) is 0. The molecular weight excluding hydrogens is 237 g/mol. The lowest BCUT2D eigenvalue weighted by Gasteiger charge is -2.16. The lowest BCUT2D eigenvalue weighted by molar-refractivity contribution is 1.64. The van der Waals surface area contributed by atoms with Crippen molar-refractivity contribution in [2.45, 2.75) is 50.6 Å². The Morgan fingerprint density at radius 2 is 1.00 bits per heavy atom. The molecule has 0 spiro atoms. The second-order valence-corrected chi connectivity index (χ2v) is 35.8. The summed E-state index contributed by atoms with van der Waals surface area (Å²) in [4.78, 5) is 0. The Morgan fingerprint density at radius 3 is 1.23 bits per heavy atom. The molecule has 80 valence electrons. The van der Waals surface area contributed by atoms with Crippen LogP contribution in [0.1, 0.15) is 0 Å². The highest BCUT2D eigenvalue weighted by Gasteiger charge is 2.14. The maximum absolute atomic E-state index is 2.55. The van der Waals surface area contributed by atoms with E-state index in [1.807, 2.05) is 0 Å². The van der Waals surface area contributed by atoms with Crippen molar-refractivity contribution in [2.75, 3.05) is 0 Å². The number of hydrogen-bond acceptors (Lipinski definition) is 0. The SMILES string of the molecule is C[Si](C)(C)C[SiH2][SiH2][SiH2]C[Si](C)(C)C. The maximum atomic E-state index is 2.55. The van der Waals surface area contributed by atoms with Crippen molar-refractivity contribution in [3.63, 3.8) is 0 Å². The van der Waals surface area contributed by atoms with Crippen molar-refractivity contribution < 1.29 is 0 Å². The lowest BCUT2D eigenvalue weighted by Crippen LogP contribution is -2.30. The fourth-order valence-electron chi connectivity index (χ4n) is 1.49. The second kappa shape index (κ2) is 5.84. The van der Waals surface area contributed by atoms with E-state index in [0.29, 0.717) is 26.6 Å². The smallest absolute Gasteiger partial charge is 0.0409 e. The molecule has 0 nitrogen and oxygen atoms in total. The summed E-state index contributed by atoms with van der Waals surface area (Å²) in [5.74, 6) is 0. The summed E-state index contributed by atoms with van der Waals surface area (Å²) < 4.78 is 0.